The maximum absolute atomic E-state index is 11.0. The number of benzene rings is 1. The molecule has 1 aliphatic heterocycles. The molecule has 0 unspecified atom stereocenters. The first-order valence-corrected chi connectivity index (χ1v) is 4.77. The number of hydrogen-bond acceptors (Lipinski definition) is 2. The molecule has 0 saturated carbocycles. The lowest BCUT2D eigenvalue weighted by atomic mass is 10.0. The van der Waals surface area contributed by atoms with Crippen molar-refractivity contribution < 1.29 is 4.79 Å². The van der Waals surface area contributed by atoms with E-state index in [1.807, 2.05) is 36.2 Å². The molecule has 0 spiro atoms. The van der Waals surface area contributed by atoms with Crippen LogP contribution in [0.15, 0.2) is 36.0 Å². The highest BCUT2D eigenvalue weighted by Crippen LogP contribution is 2.27. The summed E-state index contributed by atoms with van der Waals surface area (Å²) in [6.07, 6.45) is 2.42. The van der Waals surface area contributed by atoms with Crippen LogP contribution < -0.4 is 4.90 Å². The molecule has 0 bridgehead atoms. The molecule has 0 amide bonds. The lowest BCUT2D eigenvalue weighted by Crippen LogP contribution is -2.18. The van der Waals surface area contributed by atoms with Crippen molar-refractivity contribution in [3.05, 3.63) is 41.6 Å². The van der Waals surface area contributed by atoms with Gasteiger partial charge in [0.2, 0.25) is 5.24 Å². The molecule has 1 aromatic rings. The first-order valence-electron chi connectivity index (χ1n) is 4.40. The van der Waals surface area contributed by atoms with Crippen LogP contribution >= 0.6 is 11.6 Å². The van der Waals surface area contributed by atoms with Gasteiger partial charge in [-0.15, -0.1) is 0 Å². The zero-order chi connectivity index (χ0) is 10.1. The number of rotatable bonds is 1. The van der Waals surface area contributed by atoms with Crippen molar-refractivity contribution >= 4 is 22.5 Å². The van der Waals surface area contributed by atoms with Crippen molar-refractivity contribution in [3.8, 4) is 0 Å². The fourth-order valence-corrected chi connectivity index (χ4v) is 1.79. The Kier molecular flexibility index (Phi) is 2.30. The average Bonchev–Trinajstić information content (AvgIpc) is 2.17. The topological polar surface area (TPSA) is 20.3 Å². The molecule has 1 aliphatic rings. The summed E-state index contributed by atoms with van der Waals surface area (Å²) in [5.41, 5.74) is 2.92. The highest BCUT2D eigenvalue weighted by molar-refractivity contribution is 6.67. The Morgan fingerprint density at radius 3 is 2.86 bits per heavy atom. The Hall–Kier alpha value is -1.28. The summed E-state index contributed by atoms with van der Waals surface area (Å²) in [6.45, 7) is 0. The summed E-state index contributed by atoms with van der Waals surface area (Å²) >= 11 is 5.45. The molecular weight excluding hydrogens is 198 g/mol. The SMILES string of the molecule is CN1C=C(C(=O)Cl)Cc2ccccc21. The average molecular weight is 208 g/mol. The first-order chi connectivity index (χ1) is 6.68. The van der Waals surface area contributed by atoms with Crippen LogP contribution in [0.25, 0.3) is 0 Å². The van der Waals surface area contributed by atoms with E-state index in [2.05, 4.69) is 0 Å². The van der Waals surface area contributed by atoms with Crippen molar-refractivity contribution in [2.24, 2.45) is 0 Å². The fourth-order valence-electron chi connectivity index (χ4n) is 1.68. The standard InChI is InChI=1S/C11H10ClNO/c1-13-7-9(11(12)14)6-8-4-2-3-5-10(8)13/h2-5,7H,6H2,1H3. The normalized spacial score (nSPS) is 14.7. The van der Waals surface area contributed by atoms with E-state index >= 15 is 0 Å². The first kappa shape index (κ1) is 9.28. The van der Waals surface area contributed by atoms with E-state index in [9.17, 15) is 4.79 Å². The van der Waals surface area contributed by atoms with Crippen LogP contribution in [-0.2, 0) is 11.2 Å². The van der Waals surface area contributed by atoms with Gasteiger partial charge in [0, 0.05) is 30.9 Å². The number of para-hydroxylation sites is 1. The smallest absolute Gasteiger partial charge is 0.250 e. The van der Waals surface area contributed by atoms with E-state index in [1.165, 1.54) is 0 Å². The van der Waals surface area contributed by atoms with E-state index in [-0.39, 0.29) is 5.24 Å². The Balaban J connectivity index is 2.42. The van der Waals surface area contributed by atoms with E-state index in [0.29, 0.717) is 12.0 Å². The van der Waals surface area contributed by atoms with Gasteiger partial charge < -0.3 is 4.90 Å². The van der Waals surface area contributed by atoms with Crippen LogP contribution in [0, 0.1) is 0 Å². The molecule has 14 heavy (non-hydrogen) atoms. The maximum Gasteiger partial charge on any atom is 0.250 e. The highest BCUT2D eigenvalue weighted by Gasteiger charge is 2.17. The largest absolute Gasteiger partial charge is 0.350 e. The molecule has 0 fully saturated rings. The van der Waals surface area contributed by atoms with Crippen LogP contribution in [0.2, 0.25) is 0 Å². The third-order valence-corrected chi connectivity index (χ3v) is 2.60. The molecule has 72 valence electrons. The van der Waals surface area contributed by atoms with Gasteiger partial charge in [-0.3, -0.25) is 4.79 Å². The van der Waals surface area contributed by atoms with Crippen molar-refractivity contribution in [2.75, 3.05) is 11.9 Å². The molecule has 0 aliphatic carbocycles. The predicted molar refractivity (Wildman–Crippen MR) is 57.5 cm³/mol. The lowest BCUT2D eigenvalue weighted by molar-refractivity contribution is -0.108. The third kappa shape index (κ3) is 1.53. The summed E-state index contributed by atoms with van der Waals surface area (Å²) in [5.74, 6) is 0. The molecular formula is C11H10ClNO. The molecule has 0 radical (unpaired) electrons. The third-order valence-electron chi connectivity index (χ3n) is 2.35. The minimum atomic E-state index is -0.369. The van der Waals surface area contributed by atoms with Gasteiger partial charge >= 0.3 is 0 Å². The van der Waals surface area contributed by atoms with Crippen LogP contribution in [-0.4, -0.2) is 12.3 Å². The number of anilines is 1. The Morgan fingerprint density at radius 1 is 1.43 bits per heavy atom. The van der Waals surface area contributed by atoms with E-state index in [1.54, 1.807) is 6.20 Å². The molecule has 2 nitrogen and oxygen atoms in total. The van der Waals surface area contributed by atoms with Gasteiger partial charge in [0.05, 0.1) is 0 Å². The van der Waals surface area contributed by atoms with Crippen molar-refractivity contribution in [1.82, 2.24) is 0 Å². The van der Waals surface area contributed by atoms with Crippen LogP contribution in [0.1, 0.15) is 5.56 Å². The van der Waals surface area contributed by atoms with Gasteiger partial charge in [0.15, 0.2) is 0 Å². The Bertz CT molecular complexity index is 412. The van der Waals surface area contributed by atoms with Crippen LogP contribution in [0.4, 0.5) is 5.69 Å². The number of allylic oxidation sites excluding steroid dienone is 1. The molecule has 0 atom stereocenters. The summed E-state index contributed by atoms with van der Waals surface area (Å²) in [6, 6.07) is 7.99. The second kappa shape index (κ2) is 3.46. The van der Waals surface area contributed by atoms with Crippen molar-refractivity contribution in [2.45, 2.75) is 6.42 Å². The maximum atomic E-state index is 11.0. The second-order valence-electron chi connectivity index (χ2n) is 3.34. The van der Waals surface area contributed by atoms with Gasteiger partial charge in [0.1, 0.15) is 0 Å². The number of halogens is 1. The molecule has 3 heteroatoms. The van der Waals surface area contributed by atoms with E-state index in [0.717, 1.165) is 11.3 Å². The minimum absolute atomic E-state index is 0.369. The number of nitrogens with zero attached hydrogens (tertiary/aromatic N) is 1. The fraction of sp³-hybridized carbons (Fsp3) is 0.182. The summed E-state index contributed by atoms with van der Waals surface area (Å²) in [7, 11) is 1.91. The molecule has 1 heterocycles. The number of hydrogen-bond donors (Lipinski definition) is 0. The molecule has 0 N–H and O–H groups in total. The summed E-state index contributed by atoms with van der Waals surface area (Å²) in [4.78, 5) is 12.9. The van der Waals surface area contributed by atoms with E-state index < -0.39 is 0 Å². The van der Waals surface area contributed by atoms with Crippen LogP contribution in [0.3, 0.4) is 0 Å². The summed E-state index contributed by atoms with van der Waals surface area (Å²) in [5, 5.41) is -0.369. The molecule has 0 aromatic heterocycles. The highest BCUT2D eigenvalue weighted by atomic mass is 35.5. The predicted octanol–water partition coefficient (Wildman–Crippen LogP) is 2.33. The molecule has 0 saturated heterocycles. The molecule has 2 rings (SSSR count). The van der Waals surface area contributed by atoms with Gasteiger partial charge in [-0.2, -0.15) is 0 Å². The quantitative estimate of drug-likeness (QED) is 0.659. The van der Waals surface area contributed by atoms with Crippen LogP contribution in [0.5, 0.6) is 0 Å². The summed E-state index contributed by atoms with van der Waals surface area (Å²) < 4.78 is 0. The monoisotopic (exact) mass is 207 g/mol. The van der Waals surface area contributed by atoms with Gasteiger partial charge in [-0.25, -0.2) is 0 Å². The van der Waals surface area contributed by atoms with Gasteiger partial charge in [-0.1, -0.05) is 18.2 Å². The molecule has 1 aromatic carbocycles. The number of fused-ring (bicyclic) bond motifs is 1. The van der Waals surface area contributed by atoms with Crippen molar-refractivity contribution in [1.29, 1.82) is 0 Å². The zero-order valence-electron chi connectivity index (χ0n) is 7.83. The number of carbonyl (C=O) groups excluding carboxylic acids is 1. The van der Waals surface area contributed by atoms with Gasteiger partial charge in [-0.05, 0) is 23.2 Å². The van der Waals surface area contributed by atoms with E-state index in [4.69, 9.17) is 11.6 Å². The lowest BCUT2D eigenvalue weighted by Gasteiger charge is -2.24. The Morgan fingerprint density at radius 2 is 2.14 bits per heavy atom. The van der Waals surface area contributed by atoms with Gasteiger partial charge in [0.25, 0.3) is 0 Å². The second-order valence-corrected chi connectivity index (χ2v) is 3.69. The zero-order valence-corrected chi connectivity index (χ0v) is 8.58. The Labute approximate surface area is 87.8 Å². The van der Waals surface area contributed by atoms with Crippen molar-refractivity contribution in [3.63, 3.8) is 0 Å². The minimum Gasteiger partial charge on any atom is -0.350 e. The number of carbonyl (C=O) groups is 1.